The van der Waals surface area contributed by atoms with Crippen LogP contribution in [0, 0.1) is 0 Å². The van der Waals surface area contributed by atoms with E-state index in [0.717, 1.165) is 27.2 Å². The van der Waals surface area contributed by atoms with Gasteiger partial charge in [-0.25, -0.2) is 0 Å². The predicted molar refractivity (Wildman–Crippen MR) is 297 cm³/mol. The van der Waals surface area contributed by atoms with Gasteiger partial charge in [0.2, 0.25) is 47.3 Å². The van der Waals surface area contributed by atoms with Gasteiger partial charge in [0, 0.05) is 52.9 Å². The molecule has 0 spiro atoms. The molecule has 24 nitrogen and oxygen atoms in total. The van der Waals surface area contributed by atoms with Crippen LogP contribution < -0.4 is 60.2 Å². The number of nitrogens with zero attached hydrogens (tertiary/aromatic N) is 1. The van der Waals surface area contributed by atoms with Gasteiger partial charge < -0.3 is 80.5 Å². The first-order valence-corrected chi connectivity index (χ1v) is 27.5. The first-order chi connectivity index (χ1) is 36.9. The number of guanidine groups is 1. The van der Waals surface area contributed by atoms with Crippen molar-refractivity contribution in [3.05, 3.63) is 102 Å². The lowest BCUT2D eigenvalue weighted by molar-refractivity contribution is -0.137. The van der Waals surface area contributed by atoms with E-state index in [9.17, 15) is 53.7 Å². The number of aliphatic hydroxyl groups excluding tert-OH is 2. The molecule has 4 aromatic rings. The standard InChI is InChI=1S/C52H71N13O11S2/c1-26(30-12-7-6-8-13-30)39(53)48(74)62-38-25-77-78-52(4,5)42(50(76)63-40(27(2)66)43(54)69)65-49(75)41(28(3)67)64-44(70)35(16-11-21-57-51(55)56)59-46(72)37(23-31-24-58-34-15-10-9-14-33(31)34)61-45(71)36(60-47(38)73)22-29-17-19-32(68)20-18-29/h6-10,12-15,17-20,24,26-28,35-42,58,66-68H,11,16,21-23,25,53H2,1-5H3,(H2,54,69)(H,59,72)(H,60,73)(H,61,71)(H,62,74)(H,63,76)(H,64,70)(H,65,75)(H4,55,56,57)/t26-,27+,28+,35-,36-,37+,38-,39+,40-,41+,42+/m0/s1. The predicted octanol–water partition coefficient (Wildman–Crippen LogP) is -1.34. The van der Waals surface area contributed by atoms with Gasteiger partial charge in [-0.05, 0) is 75.4 Å². The number of hydrogen-bond acceptors (Lipinski definition) is 15. The Hall–Kier alpha value is -7.39. The number of carbonyl (C=O) groups excluding carboxylic acids is 8. The molecule has 0 radical (unpaired) electrons. The van der Waals surface area contributed by atoms with E-state index in [2.05, 4.69) is 47.2 Å². The Labute approximate surface area is 459 Å². The fraction of sp³-hybridized carbons (Fsp3) is 0.442. The van der Waals surface area contributed by atoms with Crippen molar-refractivity contribution in [2.75, 3.05) is 12.3 Å². The molecule has 78 heavy (non-hydrogen) atoms. The van der Waals surface area contributed by atoms with Crippen molar-refractivity contribution in [1.29, 1.82) is 0 Å². The maximum atomic E-state index is 14.9. The molecule has 0 bridgehead atoms. The number of phenolic OH excluding ortho intramolecular Hbond substituents is 1. The van der Waals surface area contributed by atoms with Crippen LogP contribution in [0.2, 0.25) is 0 Å². The summed E-state index contributed by atoms with van der Waals surface area (Å²) in [5.74, 6) is -8.71. The first kappa shape index (κ1) is 61.5. The molecule has 1 aliphatic rings. The number of para-hydroxylation sites is 1. The highest BCUT2D eigenvalue weighted by atomic mass is 33.1. The van der Waals surface area contributed by atoms with Crippen molar-refractivity contribution in [2.24, 2.45) is 27.9 Å². The minimum absolute atomic E-state index is 0.00378. The number of hydrogen-bond donors (Lipinski definition) is 15. The number of nitrogens with one attached hydrogen (secondary N) is 8. The Morgan fingerprint density at radius 1 is 0.769 bits per heavy atom. The van der Waals surface area contributed by atoms with Crippen LogP contribution in [-0.2, 0) is 51.2 Å². The largest absolute Gasteiger partial charge is 0.508 e. The van der Waals surface area contributed by atoms with Crippen molar-refractivity contribution in [3.63, 3.8) is 0 Å². The smallest absolute Gasteiger partial charge is 0.245 e. The lowest BCUT2D eigenvalue weighted by atomic mass is 9.93. The number of benzene rings is 3. The average Bonchev–Trinajstić information content (AvgIpc) is 3.82. The maximum Gasteiger partial charge on any atom is 0.245 e. The molecule has 422 valence electrons. The quantitative estimate of drug-likeness (QED) is 0.0252. The second kappa shape index (κ2) is 28.3. The van der Waals surface area contributed by atoms with Crippen LogP contribution in [0.3, 0.4) is 0 Å². The van der Waals surface area contributed by atoms with Crippen LogP contribution in [0.5, 0.6) is 5.75 Å². The Bertz CT molecular complexity index is 2780. The summed E-state index contributed by atoms with van der Waals surface area (Å²) < 4.78 is -1.45. The fourth-order valence-electron chi connectivity index (χ4n) is 8.45. The number of phenols is 1. The highest BCUT2D eigenvalue weighted by molar-refractivity contribution is 8.77. The number of fused-ring (bicyclic) bond motifs is 1. The lowest BCUT2D eigenvalue weighted by Crippen LogP contribution is -2.65. The molecule has 11 atom stereocenters. The van der Waals surface area contributed by atoms with E-state index in [4.69, 9.17) is 22.9 Å². The van der Waals surface area contributed by atoms with Gasteiger partial charge in [-0.15, -0.1) is 0 Å². The number of nitrogens with two attached hydrogens (primary N) is 4. The SMILES string of the molecule is C[C@@H](O)[C@H](NC(=O)[C@H]1NC(=O)[C@@H]([C@@H](C)O)NC(=O)[C@H](CCCN=C(N)N)NC(=O)[C@@H](Cc2c[nH]c3ccccc23)NC(=O)[C@H](Cc2ccc(O)cc2)NC(=O)[C@@H](NC(=O)[C@H](N)[C@@H](C)c2ccccc2)CSSC1(C)C)C(N)=O. The lowest BCUT2D eigenvalue weighted by Gasteiger charge is -2.36. The summed E-state index contributed by atoms with van der Waals surface area (Å²) in [4.78, 5) is 121. The summed E-state index contributed by atoms with van der Waals surface area (Å²) in [6, 6.07) is 9.79. The molecule has 0 unspecified atom stereocenters. The van der Waals surface area contributed by atoms with E-state index >= 15 is 0 Å². The molecule has 2 heterocycles. The number of rotatable bonds is 17. The van der Waals surface area contributed by atoms with Crippen molar-refractivity contribution in [1.82, 2.24) is 42.2 Å². The highest BCUT2D eigenvalue weighted by Gasteiger charge is 2.43. The van der Waals surface area contributed by atoms with Gasteiger partial charge in [-0.1, -0.05) is 89.2 Å². The third kappa shape index (κ3) is 17.3. The maximum absolute atomic E-state index is 14.9. The summed E-state index contributed by atoms with van der Waals surface area (Å²) >= 11 is 0. The van der Waals surface area contributed by atoms with Crippen molar-refractivity contribution in [2.45, 2.75) is 132 Å². The molecular formula is C52H71N13O11S2. The number of carbonyl (C=O) groups is 8. The Morgan fingerprint density at radius 2 is 1.37 bits per heavy atom. The van der Waals surface area contributed by atoms with E-state index in [1.807, 2.05) is 6.07 Å². The molecule has 1 saturated heterocycles. The zero-order valence-corrected chi connectivity index (χ0v) is 45.5. The number of primary amides is 1. The number of aromatic hydroxyl groups is 1. The minimum atomic E-state index is -1.80. The molecule has 8 amide bonds. The van der Waals surface area contributed by atoms with E-state index in [1.54, 1.807) is 61.7 Å². The summed E-state index contributed by atoms with van der Waals surface area (Å²) in [5, 5.41) is 50.8. The van der Waals surface area contributed by atoms with Gasteiger partial charge in [-0.3, -0.25) is 43.3 Å². The highest BCUT2D eigenvalue weighted by Crippen LogP contribution is 2.39. The molecule has 0 aliphatic carbocycles. The van der Waals surface area contributed by atoms with Crippen LogP contribution in [-0.4, -0.2) is 151 Å². The number of aliphatic hydroxyl groups is 2. The van der Waals surface area contributed by atoms with Crippen molar-refractivity contribution < 1.29 is 53.7 Å². The van der Waals surface area contributed by atoms with E-state index in [-0.39, 0.29) is 49.7 Å². The minimum Gasteiger partial charge on any atom is -0.508 e. The second-order valence-corrected chi connectivity index (χ2v) is 22.6. The zero-order chi connectivity index (χ0) is 57.4. The number of H-pyrrole nitrogens is 1. The average molecular weight is 1120 g/mol. The van der Waals surface area contributed by atoms with Crippen LogP contribution in [0.4, 0.5) is 0 Å². The summed E-state index contributed by atoms with van der Waals surface area (Å²) in [5.41, 5.74) is 25.7. The Morgan fingerprint density at radius 3 is 2.00 bits per heavy atom. The van der Waals surface area contributed by atoms with Gasteiger partial charge in [-0.2, -0.15) is 0 Å². The first-order valence-electron chi connectivity index (χ1n) is 25.1. The summed E-state index contributed by atoms with van der Waals surface area (Å²) in [6.07, 6.45) is -1.93. The number of aliphatic imine (C=N–C) groups is 1. The molecule has 26 heteroatoms. The van der Waals surface area contributed by atoms with E-state index in [0.29, 0.717) is 22.0 Å². The van der Waals surface area contributed by atoms with Gasteiger partial charge >= 0.3 is 0 Å². The van der Waals surface area contributed by atoms with Crippen molar-refractivity contribution in [3.8, 4) is 5.75 Å². The Balaban J connectivity index is 1.65. The normalized spacial score (nSPS) is 22.8. The number of aromatic amines is 1. The van der Waals surface area contributed by atoms with Gasteiger partial charge in [0.15, 0.2) is 5.96 Å². The molecular weight excluding hydrogens is 1050 g/mol. The van der Waals surface area contributed by atoms with E-state index < -0.39 is 118 Å². The Kier molecular flexibility index (Phi) is 22.3. The molecule has 0 saturated carbocycles. The third-order valence-electron chi connectivity index (χ3n) is 13.0. The second-order valence-electron chi connectivity index (χ2n) is 19.6. The van der Waals surface area contributed by atoms with Crippen LogP contribution in [0.15, 0.2) is 90.1 Å². The van der Waals surface area contributed by atoms with Gasteiger partial charge in [0.25, 0.3) is 0 Å². The molecule has 1 fully saturated rings. The van der Waals surface area contributed by atoms with Crippen molar-refractivity contribution >= 4 is 85.7 Å². The van der Waals surface area contributed by atoms with Gasteiger partial charge in [0.05, 0.1) is 18.2 Å². The molecule has 1 aromatic heterocycles. The molecule has 19 N–H and O–H groups in total. The fourth-order valence-corrected chi connectivity index (χ4v) is 11.3. The van der Waals surface area contributed by atoms with Crippen LogP contribution in [0.1, 0.15) is 70.1 Å². The monoisotopic (exact) mass is 1120 g/mol. The zero-order valence-electron chi connectivity index (χ0n) is 43.9. The molecule has 5 rings (SSSR count). The third-order valence-corrected chi connectivity index (χ3v) is 16.3. The number of aromatic nitrogens is 1. The van der Waals surface area contributed by atoms with Crippen LogP contribution in [0.25, 0.3) is 10.9 Å². The van der Waals surface area contributed by atoms with Crippen LogP contribution >= 0.6 is 21.6 Å². The van der Waals surface area contributed by atoms with E-state index in [1.165, 1.54) is 52.0 Å². The number of amides is 8. The molecule has 3 aromatic carbocycles. The topological polar surface area (TPSA) is 414 Å². The summed E-state index contributed by atoms with van der Waals surface area (Å²) in [6.45, 7) is 7.19. The van der Waals surface area contributed by atoms with Gasteiger partial charge in [0.1, 0.15) is 48.0 Å². The molecule has 1 aliphatic heterocycles. The summed E-state index contributed by atoms with van der Waals surface area (Å²) in [7, 11) is 1.92.